The van der Waals surface area contributed by atoms with Gasteiger partial charge in [0.15, 0.2) is 5.65 Å². The summed E-state index contributed by atoms with van der Waals surface area (Å²) >= 11 is 0. The number of hydrogen-bond acceptors (Lipinski definition) is 5. The molecule has 108 valence electrons. The molecule has 0 spiro atoms. The maximum absolute atomic E-state index is 13.8. The summed E-state index contributed by atoms with van der Waals surface area (Å²) in [6.07, 6.45) is 4.86. The molecule has 0 bridgehead atoms. The molecule has 4 aromatic rings. The number of halogens is 1. The lowest BCUT2D eigenvalue weighted by Crippen LogP contribution is -2.03. The second-order valence-corrected chi connectivity index (χ2v) is 4.76. The number of rotatable bonds is 2. The highest BCUT2D eigenvalue weighted by Gasteiger charge is 2.15. The van der Waals surface area contributed by atoms with Gasteiger partial charge in [0.2, 0.25) is 5.95 Å². The highest BCUT2D eigenvalue weighted by molar-refractivity contribution is 5.63. The van der Waals surface area contributed by atoms with Crippen molar-refractivity contribution < 1.29 is 4.39 Å². The first kappa shape index (κ1) is 12.6. The molecule has 0 atom stereocenters. The monoisotopic (exact) mass is 295 g/mol. The third kappa shape index (κ3) is 1.85. The van der Waals surface area contributed by atoms with Gasteiger partial charge in [-0.15, -0.1) is 15.3 Å². The van der Waals surface area contributed by atoms with Crippen LogP contribution in [0.1, 0.15) is 5.69 Å². The Bertz CT molecular complexity index is 972. The van der Waals surface area contributed by atoms with Crippen molar-refractivity contribution in [2.24, 2.45) is 0 Å². The molecule has 0 aliphatic heterocycles. The highest BCUT2D eigenvalue weighted by atomic mass is 19.1. The van der Waals surface area contributed by atoms with Gasteiger partial charge in [0.1, 0.15) is 17.7 Å². The first-order chi connectivity index (χ1) is 10.7. The molecule has 0 N–H and O–H groups in total. The molecule has 0 saturated heterocycles. The Labute approximate surface area is 124 Å². The van der Waals surface area contributed by atoms with E-state index in [4.69, 9.17) is 0 Å². The van der Waals surface area contributed by atoms with Gasteiger partial charge in [-0.1, -0.05) is 5.21 Å². The standard InChI is InChI=1S/C14H10FN7/c1-9-13(10-4-5-12-18-17-8-21(12)7-10)19-20-22(9)11-3-2-6-16-14(11)15/h2-8H,1H3. The summed E-state index contributed by atoms with van der Waals surface area (Å²) in [5.74, 6) is -0.587. The lowest BCUT2D eigenvalue weighted by atomic mass is 10.2. The third-order valence-corrected chi connectivity index (χ3v) is 3.43. The van der Waals surface area contributed by atoms with Crippen LogP contribution in [0.5, 0.6) is 0 Å². The summed E-state index contributed by atoms with van der Waals surface area (Å²) in [5, 5.41) is 16.0. The fraction of sp³-hybridized carbons (Fsp3) is 0.0714. The quantitative estimate of drug-likeness (QED) is 0.527. The summed E-state index contributed by atoms with van der Waals surface area (Å²) in [5.41, 5.74) is 3.25. The van der Waals surface area contributed by atoms with Crippen molar-refractivity contribution in [1.29, 1.82) is 0 Å². The van der Waals surface area contributed by atoms with E-state index in [2.05, 4.69) is 25.5 Å². The predicted octanol–water partition coefficient (Wildman–Crippen LogP) is 1.82. The predicted molar refractivity (Wildman–Crippen MR) is 75.8 cm³/mol. The van der Waals surface area contributed by atoms with Crippen LogP contribution in [0.25, 0.3) is 22.6 Å². The highest BCUT2D eigenvalue weighted by Crippen LogP contribution is 2.23. The average molecular weight is 295 g/mol. The number of pyridine rings is 2. The molecule has 0 aliphatic rings. The van der Waals surface area contributed by atoms with Gasteiger partial charge in [-0.3, -0.25) is 4.40 Å². The van der Waals surface area contributed by atoms with Crippen molar-refractivity contribution >= 4 is 5.65 Å². The Hall–Kier alpha value is -3.16. The summed E-state index contributed by atoms with van der Waals surface area (Å²) in [6.45, 7) is 1.83. The molecule has 0 aliphatic carbocycles. The van der Waals surface area contributed by atoms with Gasteiger partial charge in [0.25, 0.3) is 0 Å². The number of nitrogens with zero attached hydrogens (tertiary/aromatic N) is 7. The molecule has 22 heavy (non-hydrogen) atoms. The zero-order valence-electron chi connectivity index (χ0n) is 11.5. The van der Waals surface area contributed by atoms with Gasteiger partial charge in [-0.2, -0.15) is 4.39 Å². The summed E-state index contributed by atoms with van der Waals surface area (Å²) in [4.78, 5) is 3.64. The van der Waals surface area contributed by atoms with E-state index in [1.807, 2.05) is 25.3 Å². The van der Waals surface area contributed by atoms with Crippen LogP contribution in [0.3, 0.4) is 0 Å². The SMILES string of the molecule is Cc1c(-c2ccc3nncn3c2)nnn1-c1cccnc1F. The number of hydrogen-bond donors (Lipinski definition) is 0. The largest absolute Gasteiger partial charge is 0.288 e. The lowest BCUT2D eigenvalue weighted by molar-refractivity contribution is 0.564. The normalized spacial score (nSPS) is 11.2. The van der Waals surface area contributed by atoms with E-state index in [1.54, 1.807) is 22.9 Å². The Morgan fingerprint density at radius 3 is 2.91 bits per heavy atom. The molecule has 0 aromatic carbocycles. The first-order valence-electron chi connectivity index (χ1n) is 6.57. The van der Waals surface area contributed by atoms with Crippen LogP contribution in [-0.2, 0) is 0 Å². The molecule has 4 heterocycles. The Kier molecular flexibility index (Phi) is 2.68. The summed E-state index contributed by atoms with van der Waals surface area (Å²) in [6, 6.07) is 6.98. The van der Waals surface area contributed by atoms with Crippen molar-refractivity contribution in [3.8, 4) is 16.9 Å². The molecule has 4 rings (SSSR count). The minimum atomic E-state index is -0.587. The van der Waals surface area contributed by atoms with E-state index in [9.17, 15) is 4.39 Å². The summed E-state index contributed by atoms with van der Waals surface area (Å²) in [7, 11) is 0. The number of aromatic nitrogens is 7. The Morgan fingerprint density at radius 2 is 2.05 bits per heavy atom. The lowest BCUT2D eigenvalue weighted by Gasteiger charge is -2.04. The van der Waals surface area contributed by atoms with E-state index in [0.29, 0.717) is 5.69 Å². The second-order valence-electron chi connectivity index (χ2n) is 4.76. The van der Waals surface area contributed by atoms with Crippen molar-refractivity contribution in [3.05, 3.63) is 54.6 Å². The molecular formula is C14H10FN7. The maximum Gasteiger partial charge on any atom is 0.238 e. The Balaban J connectivity index is 1.85. The third-order valence-electron chi connectivity index (χ3n) is 3.43. The molecule has 8 heteroatoms. The van der Waals surface area contributed by atoms with Crippen molar-refractivity contribution in [2.45, 2.75) is 6.92 Å². The van der Waals surface area contributed by atoms with Crippen molar-refractivity contribution in [2.75, 3.05) is 0 Å². The van der Waals surface area contributed by atoms with E-state index in [-0.39, 0.29) is 5.69 Å². The smallest absolute Gasteiger partial charge is 0.238 e. The topological polar surface area (TPSA) is 73.8 Å². The first-order valence-corrected chi connectivity index (χ1v) is 6.57. The van der Waals surface area contributed by atoms with Crippen LogP contribution < -0.4 is 0 Å². The molecule has 0 amide bonds. The van der Waals surface area contributed by atoms with Gasteiger partial charge >= 0.3 is 0 Å². The molecule has 4 aromatic heterocycles. The zero-order chi connectivity index (χ0) is 15.1. The molecule has 0 saturated carbocycles. The molecule has 0 unspecified atom stereocenters. The van der Waals surface area contributed by atoms with E-state index in [0.717, 1.165) is 16.9 Å². The molecule has 0 radical (unpaired) electrons. The van der Waals surface area contributed by atoms with Crippen LogP contribution in [0.15, 0.2) is 43.0 Å². The van der Waals surface area contributed by atoms with E-state index < -0.39 is 5.95 Å². The van der Waals surface area contributed by atoms with Crippen LogP contribution in [-0.4, -0.2) is 34.6 Å². The average Bonchev–Trinajstić information content (AvgIpc) is 3.13. The molecular weight excluding hydrogens is 285 g/mol. The van der Waals surface area contributed by atoms with E-state index >= 15 is 0 Å². The van der Waals surface area contributed by atoms with Gasteiger partial charge < -0.3 is 0 Å². The van der Waals surface area contributed by atoms with Crippen LogP contribution in [0.4, 0.5) is 4.39 Å². The maximum atomic E-state index is 13.8. The van der Waals surface area contributed by atoms with E-state index in [1.165, 1.54) is 10.9 Å². The van der Waals surface area contributed by atoms with Crippen LogP contribution >= 0.6 is 0 Å². The van der Waals surface area contributed by atoms with Gasteiger partial charge in [-0.25, -0.2) is 9.67 Å². The Morgan fingerprint density at radius 1 is 1.14 bits per heavy atom. The summed E-state index contributed by atoms with van der Waals surface area (Å²) < 4.78 is 17.0. The fourth-order valence-corrected chi connectivity index (χ4v) is 2.33. The second kappa shape index (κ2) is 4.69. The minimum absolute atomic E-state index is 0.268. The minimum Gasteiger partial charge on any atom is -0.288 e. The van der Waals surface area contributed by atoms with Gasteiger partial charge in [0.05, 0.1) is 5.69 Å². The molecule has 0 fully saturated rings. The van der Waals surface area contributed by atoms with Crippen molar-refractivity contribution in [3.63, 3.8) is 0 Å². The van der Waals surface area contributed by atoms with Gasteiger partial charge in [-0.05, 0) is 31.2 Å². The van der Waals surface area contributed by atoms with Crippen LogP contribution in [0.2, 0.25) is 0 Å². The van der Waals surface area contributed by atoms with Crippen LogP contribution in [0, 0.1) is 12.9 Å². The van der Waals surface area contributed by atoms with Crippen molar-refractivity contribution in [1.82, 2.24) is 34.6 Å². The van der Waals surface area contributed by atoms with Gasteiger partial charge in [0, 0.05) is 18.0 Å². The zero-order valence-corrected chi connectivity index (χ0v) is 11.5. The molecule has 7 nitrogen and oxygen atoms in total. The fourth-order valence-electron chi connectivity index (χ4n) is 2.33. The number of fused-ring (bicyclic) bond motifs is 1.